The predicted molar refractivity (Wildman–Crippen MR) is 119 cm³/mol. The van der Waals surface area contributed by atoms with E-state index in [2.05, 4.69) is 15.6 Å². The third-order valence-corrected chi connectivity index (χ3v) is 4.86. The molecule has 3 aromatic rings. The lowest BCUT2D eigenvalue weighted by atomic mass is 10.2. The van der Waals surface area contributed by atoms with Gasteiger partial charge in [-0.15, -0.1) is 0 Å². The van der Waals surface area contributed by atoms with Crippen LogP contribution in [0.2, 0.25) is 10.0 Å². The van der Waals surface area contributed by atoms with Crippen molar-refractivity contribution in [2.45, 2.75) is 0 Å². The zero-order valence-electron chi connectivity index (χ0n) is 15.0. The van der Waals surface area contributed by atoms with Crippen LogP contribution in [0.4, 0.5) is 22.7 Å². The van der Waals surface area contributed by atoms with Crippen LogP contribution in [0.1, 0.15) is 15.9 Å². The van der Waals surface area contributed by atoms with Crippen molar-refractivity contribution >= 4 is 58.1 Å². The van der Waals surface area contributed by atoms with E-state index in [1.165, 1.54) is 0 Å². The van der Waals surface area contributed by atoms with Gasteiger partial charge in [0.15, 0.2) is 0 Å². The number of hydrogen-bond donors (Lipinski definition) is 3. The fourth-order valence-electron chi connectivity index (χ4n) is 2.49. The zero-order valence-corrected chi connectivity index (χ0v) is 16.6. The predicted octanol–water partition coefficient (Wildman–Crippen LogP) is 5.62. The number of halogens is 2. The maximum absolute atomic E-state index is 12.4. The largest absolute Gasteiger partial charge is 0.397 e. The molecule has 0 saturated heterocycles. The van der Waals surface area contributed by atoms with Gasteiger partial charge in [0.05, 0.1) is 27.0 Å². The molecule has 0 radical (unpaired) electrons. The highest BCUT2D eigenvalue weighted by Gasteiger charge is 2.12. The van der Waals surface area contributed by atoms with Crippen LogP contribution in [0.15, 0.2) is 65.7 Å². The number of nitrogens with one attached hydrogen (secondary N) is 2. The molecular weight excluding hydrogens is 395 g/mol. The molecule has 142 valence electrons. The number of carbonyl (C=O) groups excluding carboxylic acids is 1. The van der Waals surface area contributed by atoms with Gasteiger partial charge in [0.2, 0.25) is 0 Å². The van der Waals surface area contributed by atoms with Crippen LogP contribution in [0.3, 0.4) is 0 Å². The first-order valence-corrected chi connectivity index (χ1v) is 9.20. The van der Waals surface area contributed by atoms with Gasteiger partial charge in [0, 0.05) is 24.6 Å². The van der Waals surface area contributed by atoms with E-state index in [1.54, 1.807) is 42.6 Å². The van der Waals surface area contributed by atoms with Crippen molar-refractivity contribution in [3.8, 4) is 0 Å². The molecule has 0 fully saturated rings. The summed E-state index contributed by atoms with van der Waals surface area (Å²) in [6.07, 6.45) is 1.71. The Bertz CT molecular complexity index is 1030. The summed E-state index contributed by atoms with van der Waals surface area (Å²) < 4.78 is 0. The lowest BCUT2D eigenvalue weighted by Crippen LogP contribution is -2.12. The van der Waals surface area contributed by atoms with Gasteiger partial charge in [0.1, 0.15) is 0 Å². The minimum atomic E-state index is -0.328. The number of rotatable bonds is 5. The SMILES string of the molecule is CNc1ccc(N)c(N=Cc2ccc(NC(=O)c3cccc(Cl)c3Cl)cc2)c1. The molecule has 0 saturated carbocycles. The number of anilines is 3. The van der Waals surface area contributed by atoms with Gasteiger partial charge < -0.3 is 16.4 Å². The van der Waals surface area contributed by atoms with Crippen molar-refractivity contribution in [1.29, 1.82) is 0 Å². The Hall–Kier alpha value is -3.02. The van der Waals surface area contributed by atoms with Crippen molar-refractivity contribution < 1.29 is 4.79 Å². The number of hydrogen-bond acceptors (Lipinski definition) is 4. The monoisotopic (exact) mass is 412 g/mol. The highest BCUT2D eigenvalue weighted by molar-refractivity contribution is 6.44. The molecule has 1 amide bonds. The molecule has 0 aliphatic rings. The van der Waals surface area contributed by atoms with E-state index in [9.17, 15) is 4.79 Å². The van der Waals surface area contributed by atoms with E-state index in [0.717, 1.165) is 11.3 Å². The average molecular weight is 413 g/mol. The third-order valence-electron chi connectivity index (χ3n) is 4.04. The molecule has 3 aromatic carbocycles. The standard InChI is InChI=1S/C21H18Cl2N4O/c1-25-15-9-10-18(24)19(11-15)26-12-13-5-7-14(8-6-13)27-21(28)16-3-2-4-17(22)20(16)23/h2-12,25H,24H2,1H3,(H,27,28). The third kappa shape index (κ3) is 4.63. The van der Waals surface area contributed by atoms with Crippen LogP contribution < -0.4 is 16.4 Å². The van der Waals surface area contributed by atoms with Crippen LogP contribution in [0.25, 0.3) is 0 Å². The molecule has 5 nitrogen and oxygen atoms in total. The minimum Gasteiger partial charge on any atom is -0.397 e. The number of nitrogen functional groups attached to an aromatic ring is 1. The molecule has 0 aliphatic carbocycles. The van der Waals surface area contributed by atoms with E-state index >= 15 is 0 Å². The summed E-state index contributed by atoms with van der Waals surface area (Å²) in [5.41, 5.74) is 9.98. The Morgan fingerprint density at radius 2 is 1.75 bits per heavy atom. The maximum atomic E-state index is 12.4. The molecule has 0 atom stereocenters. The van der Waals surface area contributed by atoms with E-state index < -0.39 is 0 Å². The first-order chi connectivity index (χ1) is 13.5. The van der Waals surface area contributed by atoms with Crippen LogP contribution in [0.5, 0.6) is 0 Å². The maximum Gasteiger partial charge on any atom is 0.257 e. The molecule has 0 aromatic heterocycles. The summed E-state index contributed by atoms with van der Waals surface area (Å²) in [5.74, 6) is -0.328. The average Bonchev–Trinajstić information content (AvgIpc) is 2.70. The molecule has 0 spiro atoms. The molecule has 7 heteroatoms. The van der Waals surface area contributed by atoms with E-state index in [1.807, 2.05) is 31.3 Å². The number of amides is 1. The minimum absolute atomic E-state index is 0.229. The van der Waals surface area contributed by atoms with Crippen LogP contribution in [-0.4, -0.2) is 19.2 Å². The van der Waals surface area contributed by atoms with Crippen LogP contribution >= 0.6 is 23.2 Å². The lowest BCUT2D eigenvalue weighted by molar-refractivity contribution is 0.102. The second-order valence-electron chi connectivity index (χ2n) is 5.96. The van der Waals surface area contributed by atoms with Gasteiger partial charge in [-0.2, -0.15) is 0 Å². The van der Waals surface area contributed by atoms with E-state index in [0.29, 0.717) is 27.6 Å². The highest BCUT2D eigenvalue weighted by Crippen LogP contribution is 2.27. The highest BCUT2D eigenvalue weighted by atomic mass is 35.5. The summed E-state index contributed by atoms with van der Waals surface area (Å²) >= 11 is 12.0. The van der Waals surface area contributed by atoms with E-state index in [-0.39, 0.29) is 10.9 Å². The van der Waals surface area contributed by atoms with Gasteiger partial charge in [-0.05, 0) is 48.0 Å². The second-order valence-corrected chi connectivity index (χ2v) is 6.74. The fourth-order valence-corrected chi connectivity index (χ4v) is 2.87. The van der Waals surface area contributed by atoms with Crippen molar-refractivity contribution in [2.75, 3.05) is 23.4 Å². The first-order valence-electron chi connectivity index (χ1n) is 8.44. The first kappa shape index (κ1) is 19.7. The second kappa shape index (κ2) is 8.78. The fraction of sp³-hybridized carbons (Fsp3) is 0.0476. The number of nitrogens with zero attached hydrogens (tertiary/aromatic N) is 1. The summed E-state index contributed by atoms with van der Waals surface area (Å²) in [5, 5.41) is 6.41. The molecule has 0 unspecified atom stereocenters. The molecule has 0 aliphatic heterocycles. The number of benzene rings is 3. The van der Waals surface area contributed by atoms with Gasteiger partial charge in [-0.25, -0.2) is 0 Å². The summed E-state index contributed by atoms with van der Waals surface area (Å²) in [6, 6.07) is 17.7. The van der Waals surface area contributed by atoms with E-state index in [4.69, 9.17) is 28.9 Å². The van der Waals surface area contributed by atoms with Crippen molar-refractivity contribution in [3.63, 3.8) is 0 Å². The topological polar surface area (TPSA) is 79.5 Å². The Morgan fingerprint density at radius 1 is 1.04 bits per heavy atom. The van der Waals surface area contributed by atoms with Crippen molar-refractivity contribution in [2.24, 2.45) is 4.99 Å². The Labute approximate surface area is 173 Å². The normalized spacial score (nSPS) is 10.8. The lowest BCUT2D eigenvalue weighted by Gasteiger charge is -2.08. The van der Waals surface area contributed by atoms with Gasteiger partial charge in [-0.1, -0.05) is 41.4 Å². The number of nitrogens with two attached hydrogens (primary N) is 1. The molecule has 0 bridgehead atoms. The van der Waals surface area contributed by atoms with Crippen molar-refractivity contribution in [3.05, 3.63) is 81.8 Å². The van der Waals surface area contributed by atoms with Gasteiger partial charge in [-0.3, -0.25) is 9.79 Å². The summed E-state index contributed by atoms with van der Waals surface area (Å²) in [7, 11) is 1.84. The zero-order chi connectivity index (χ0) is 20.1. The van der Waals surface area contributed by atoms with Crippen LogP contribution in [0, 0.1) is 0 Å². The Morgan fingerprint density at radius 3 is 2.46 bits per heavy atom. The summed E-state index contributed by atoms with van der Waals surface area (Å²) in [4.78, 5) is 16.8. The Balaban J connectivity index is 1.71. The van der Waals surface area contributed by atoms with Gasteiger partial charge >= 0.3 is 0 Å². The Kier molecular flexibility index (Phi) is 6.19. The number of aliphatic imine (C=N–C) groups is 1. The van der Waals surface area contributed by atoms with Crippen molar-refractivity contribution in [1.82, 2.24) is 0 Å². The molecule has 28 heavy (non-hydrogen) atoms. The molecule has 0 heterocycles. The van der Waals surface area contributed by atoms with Gasteiger partial charge in [0.25, 0.3) is 5.91 Å². The quantitative estimate of drug-likeness (QED) is 0.375. The summed E-state index contributed by atoms with van der Waals surface area (Å²) in [6.45, 7) is 0. The molecular formula is C21H18Cl2N4O. The van der Waals surface area contributed by atoms with Crippen LogP contribution in [-0.2, 0) is 0 Å². The smallest absolute Gasteiger partial charge is 0.257 e. The molecule has 3 rings (SSSR count). The number of carbonyl (C=O) groups is 1. The molecule has 4 N–H and O–H groups in total.